The van der Waals surface area contributed by atoms with Crippen molar-refractivity contribution in [2.75, 3.05) is 0 Å². The Morgan fingerprint density at radius 2 is 2.36 bits per heavy atom. The number of nitrogens with zero attached hydrogens (tertiary/aromatic N) is 1. The number of allylic oxidation sites excluding steroid dienone is 2. The van der Waals surface area contributed by atoms with Gasteiger partial charge >= 0.3 is 0 Å². The van der Waals surface area contributed by atoms with Gasteiger partial charge in [0.15, 0.2) is 0 Å². The van der Waals surface area contributed by atoms with Crippen molar-refractivity contribution in [1.29, 1.82) is 0 Å². The minimum Gasteiger partial charge on any atom is -0.282 e. The maximum absolute atomic E-state index is 4.57. The molecular formula is C10H13N. The molecule has 0 saturated carbocycles. The molecule has 0 aromatic rings. The van der Waals surface area contributed by atoms with Crippen LogP contribution in [0.1, 0.15) is 26.2 Å². The molecule has 2 aliphatic rings. The van der Waals surface area contributed by atoms with Gasteiger partial charge in [-0.05, 0) is 37.8 Å². The van der Waals surface area contributed by atoms with E-state index in [1.54, 1.807) is 0 Å². The molecular weight excluding hydrogens is 134 g/mol. The van der Waals surface area contributed by atoms with Crippen LogP contribution in [0.15, 0.2) is 28.8 Å². The highest BCUT2D eigenvalue weighted by Gasteiger charge is 2.16. The fourth-order valence-corrected chi connectivity index (χ4v) is 1.71. The summed E-state index contributed by atoms with van der Waals surface area (Å²) in [5.41, 5.74) is 2.61. The van der Waals surface area contributed by atoms with Gasteiger partial charge in [-0.25, -0.2) is 0 Å². The van der Waals surface area contributed by atoms with E-state index in [0.717, 1.165) is 0 Å². The van der Waals surface area contributed by atoms with Gasteiger partial charge in [-0.2, -0.15) is 0 Å². The van der Waals surface area contributed by atoms with E-state index in [4.69, 9.17) is 0 Å². The van der Waals surface area contributed by atoms with E-state index >= 15 is 0 Å². The summed E-state index contributed by atoms with van der Waals surface area (Å²) in [6, 6.07) is 0.494. The summed E-state index contributed by atoms with van der Waals surface area (Å²) in [4.78, 5) is 4.57. The topological polar surface area (TPSA) is 12.4 Å². The van der Waals surface area contributed by atoms with Gasteiger partial charge in [0.2, 0.25) is 0 Å². The first-order valence-electron chi connectivity index (χ1n) is 4.29. The highest BCUT2D eigenvalue weighted by atomic mass is 14.8. The Morgan fingerprint density at radius 3 is 3.27 bits per heavy atom. The van der Waals surface area contributed by atoms with Crippen molar-refractivity contribution >= 4 is 5.71 Å². The summed E-state index contributed by atoms with van der Waals surface area (Å²) in [6.07, 6.45) is 10.4. The minimum absolute atomic E-state index is 0.494. The standard InChI is InChI=1S/C10H13N/c1-8-6-7-9-4-2-3-5-10(9)11-8/h4,6-7,10H,2-3,5H2,1H3. The molecule has 58 valence electrons. The summed E-state index contributed by atoms with van der Waals surface area (Å²) in [5.74, 6) is 0. The molecule has 0 radical (unpaired) electrons. The zero-order chi connectivity index (χ0) is 7.68. The minimum atomic E-state index is 0.494. The molecule has 11 heavy (non-hydrogen) atoms. The molecule has 1 heterocycles. The highest BCUT2D eigenvalue weighted by molar-refractivity contribution is 5.94. The Balaban J connectivity index is 2.28. The first-order valence-corrected chi connectivity index (χ1v) is 4.29. The smallest absolute Gasteiger partial charge is 0.0749 e. The van der Waals surface area contributed by atoms with Gasteiger partial charge in [-0.15, -0.1) is 0 Å². The maximum Gasteiger partial charge on any atom is 0.0749 e. The molecule has 0 amide bonds. The molecule has 0 aromatic carbocycles. The molecule has 1 atom stereocenters. The number of dihydropyridines is 1. The second-order valence-corrected chi connectivity index (χ2v) is 3.25. The fourth-order valence-electron chi connectivity index (χ4n) is 1.71. The summed E-state index contributed by atoms with van der Waals surface area (Å²) in [6.45, 7) is 2.07. The third kappa shape index (κ3) is 1.28. The predicted octanol–water partition coefficient (Wildman–Crippen LogP) is 2.50. The van der Waals surface area contributed by atoms with E-state index in [1.807, 2.05) is 0 Å². The van der Waals surface area contributed by atoms with Crippen LogP contribution in [-0.4, -0.2) is 11.8 Å². The molecule has 0 aromatic heterocycles. The van der Waals surface area contributed by atoms with Gasteiger partial charge < -0.3 is 0 Å². The van der Waals surface area contributed by atoms with Crippen LogP contribution in [0.25, 0.3) is 0 Å². The average molecular weight is 147 g/mol. The van der Waals surface area contributed by atoms with E-state index in [9.17, 15) is 0 Å². The molecule has 1 nitrogen and oxygen atoms in total. The van der Waals surface area contributed by atoms with Crippen LogP contribution in [0.5, 0.6) is 0 Å². The Morgan fingerprint density at radius 1 is 1.45 bits per heavy atom. The van der Waals surface area contributed by atoms with Crippen LogP contribution >= 0.6 is 0 Å². The van der Waals surface area contributed by atoms with Gasteiger partial charge in [0.1, 0.15) is 0 Å². The van der Waals surface area contributed by atoms with Crippen molar-refractivity contribution in [1.82, 2.24) is 0 Å². The fraction of sp³-hybridized carbons (Fsp3) is 0.500. The van der Waals surface area contributed by atoms with Crippen molar-refractivity contribution in [3.63, 3.8) is 0 Å². The molecule has 0 bridgehead atoms. The van der Waals surface area contributed by atoms with Gasteiger partial charge in [0, 0.05) is 5.71 Å². The van der Waals surface area contributed by atoms with Crippen LogP contribution < -0.4 is 0 Å². The zero-order valence-electron chi connectivity index (χ0n) is 6.88. The van der Waals surface area contributed by atoms with Crippen LogP contribution in [-0.2, 0) is 0 Å². The molecule has 0 saturated heterocycles. The maximum atomic E-state index is 4.57. The molecule has 1 heteroatoms. The van der Waals surface area contributed by atoms with Gasteiger partial charge in [0.05, 0.1) is 6.04 Å². The number of hydrogen-bond acceptors (Lipinski definition) is 1. The van der Waals surface area contributed by atoms with Crippen LogP contribution in [0.4, 0.5) is 0 Å². The molecule has 0 fully saturated rings. The quantitative estimate of drug-likeness (QED) is 0.499. The van der Waals surface area contributed by atoms with Crippen molar-refractivity contribution in [2.45, 2.75) is 32.2 Å². The van der Waals surface area contributed by atoms with Crippen molar-refractivity contribution < 1.29 is 0 Å². The van der Waals surface area contributed by atoms with Gasteiger partial charge in [0.25, 0.3) is 0 Å². The zero-order valence-corrected chi connectivity index (χ0v) is 6.88. The van der Waals surface area contributed by atoms with E-state index in [2.05, 4.69) is 30.1 Å². The number of aliphatic imine (C=N–C) groups is 1. The van der Waals surface area contributed by atoms with E-state index in [0.29, 0.717) is 6.04 Å². The largest absolute Gasteiger partial charge is 0.282 e. The lowest BCUT2D eigenvalue weighted by molar-refractivity contribution is 0.625. The lowest BCUT2D eigenvalue weighted by atomic mass is 9.92. The normalized spacial score (nSPS) is 29.0. The third-order valence-corrected chi connectivity index (χ3v) is 2.32. The van der Waals surface area contributed by atoms with E-state index in [-0.39, 0.29) is 0 Å². The monoisotopic (exact) mass is 147 g/mol. The number of hydrogen-bond donors (Lipinski definition) is 0. The van der Waals surface area contributed by atoms with Crippen LogP contribution in [0.2, 0.25) is 0 Å². The van der Waals surface area contributed by atoms with Gasteiger partial charge in [-0.3, -0.25) is 4.99 Å². The Labute approximate surface area is 67.5 Å². The summed E-state index contributed by atoms with van der Waals surface area (Å²) < 4.78 is 0. The first-order chi connectivity index (χ1) is 5.36. The second-order valence-electron chi connectivity index (χ2n) is 3.25. The first kappa shape index (κ1) is 6.84. The highest BCUT2D eigenvalue weighted by Crippen LogP contribution is 2.24. The Kier molecular flexibility index (Phi) is 1.65. The Bertz CT molecular complexity index is 246. The third-order valence-electron chi connectivity index (χ3n) is 2.32. The van der Waals surface area contributed by atoms with Gasteiger partial charge in [-0.1, -0.05) is 12.2 Å². The average Bonchev–Trinajstić information content (AvgIpc) is 2.04. The summed E-state index contributed by atoms with van der Waals surface area (Å²) >= 11 is 0. The molecule has 0 spiro atoms. The van der Waals surface area contributed by atoms with E-state index in [1.165, 1.54) is 30.5 Å². The molecule has 0 N–H and O–H groups in total. The SMILES string of the molecule is CC1=NC2CCCC=C2C=C1. The van der Waals surface area contributed by atoms with Crippen LogP contribution in [0.3, 0.4) is 0 Å². The number of rotatable bonds is 0. The van der Waals surface area contributed by atoms with Crippen molar-refractivity contribution in [2.24, 2.45) is 4.99 Å². The lowest BCUT2D eigenvalue weighted by Gasteiger charge is -2.21. The number of fused-ring (bicyclic) bond motifs is 1. The summed E-state index contributed by atoms with van der Waals surface area (Å²) in [5, 5.41) is 0. The van der Waals surface area contributed by atoms with Crippen LogP contribution in [0, 0.1) is 0 Å². The van der Waals surface area contributed by atoms with Crippen molar-refractivity contribution in [3.8, 4) is 0 Å². The summed E-state index contributed by atoms with van der Waals surface area (Å²) in [7, 11) is 0. The molecule has 1 aliphatic heterocycles. The molecule has 1 unspecified atom stereocenters. The lowest BCUT2D eigenvalue weighted by Crippen LogP contribution is -2.15. The molecule has 2 rings (SSSR count). The Hall–Kier alpha value is -0.850. The molecule has 1 aliphatic carbocycles. The van der Waals surface area contributed by atoms with E-state index < -0.39 is 0 Å². The second kappa shape index (κ2) is 2.65. The predicted molar refractivity (Wildman–Crippen MR) is 48.0 cm³/mol. The van der Waals surface area contributed by atoms with Crippen molar-refractivity contribution in [3.05, 3.63) is 23.8 Å².